The van der Waals surface area contributed by atoms with Crippen LogP contribution in [0.15, 0.2) is 12.1 Å². The summed E-state index contributed by atoms with van der Waals surface area (Å²) in [6.07, 6.45) is 0.965. The summed E-state index contributed by atoms with van der Waals surface area (Å²) in [5.74, 6) is 1.09. The first kappa shape index (κ1) is 13.1. The van der Waals surface area contributed by atoms with Crippen molar-refractivity contribution in [3.63, 3.8) is 0 Å². The van der Waals surface area contributed by atoms with Crippen LogP contribution in [0, 0.1) is 0 Å². The van der Waals surface area contributed by atoms with Crippen molar-refractivity contribution in [2.75, 3.05) is 7.11 Å². The SMILES string of the molecule is CCC(C)Oc1c(Cl)cc(CO)cc1OC. The van der Waals surface area contributed by atoms with Gasteiger partial charge in [-0.3, -0.25) is 0 Å². The summed E-state index contributed by atoms with van der Waals surface area (Å²) in [6, 6.07) is 3.41. The van der Waals surface area contributed by atoms with Crippen LogP contribution in [0.2, 0.25) is 5.02 Å². The summed E-state index contributed by atoms with van der Waals surface area (Å²) in [7, 11) is 1.55. The van der Waals surface area contributed by atoms with E-state index in [-0.39, 0.29) is 12.7 Å². The van der Waals surface area contributed by atoms with Crippen LogP contribution in [0.5, 0.6) is 11.5 Å². The summed E-state index contributed by atoms with van der Waals surface area (Å²) in [5.41, 5.74) is 0.707. The van der Waals surface area contributed by atoms with Gasteiger partial charge in [0.25, 0.3) is 0 Å². The highest BCUT2D eigenvalue weighted by Gasteiger charge is 2.13. The van der Waals surface area contributed by atoms with E-state index in [1.165, 1.54) is 0 Å². The monoisotopic (exact) mass is 244 g/mol. The summed E-state index contributed by atoms with van der Waals surface area (Å²) >= 11 is 6.08. The van der Waals surface area contributed by atoms with E-state index in [1.807, 2.05) is 13.8 Å². The van der Waals surface area contributed by atoms with Gasteiger partial charge in [-0.25, -0.2) is 0 Å². The molecule has 1 atom stereocenters. The molecule has 0 aliphatic rings. The molecule has 0 saturated heterocycles. The number of aliphatic hydroxyl groups excluding tert-OH is 1. The third-order valence-corrected chi connectivity index (χ3v) is 2.65. The Morgan fingerprint density at radius 1 is 1.44 bits per heavy atom. The van der Waals surface area contributed by atoms with E-state index < -0.39 is 0 Å². The number of ether oxygens (including phenoxy) is 2. The molecule has 3 nitrogen and oxygen atoms in total. The Labute approximate surface area is 101 Å². The number of halogens is 1. The van der Waals surface area contributed by atoms with E-state index in [0.29, 0.717) is 22.1 Å². The molecule has 16 heavy (non-hydrogen) atoms. The average molecular weight is 245 g/mol. The standard InChI is InChI=1S/C12H17ClO3/c1-4-8(2)16-12-10(13)5-9(7-14)6-11(12)15-3/h5-6,8,14H,4,7H2,1-3H3. The summed E-state index contributed by atoms with van der Waals surface area (Å²) < 4.78 is 10.9. The molecule has 0 amide bonds. The Balaban J connectivity index is 3.06. The predicted octanol–water partition coefficient (Wildman–Crippen LogP) is 3.02. The largest absolute Gasteiger partial charge is 0.493 e. The molecule has 4 heteroatoms. The number of hydrogen-bond acceptors (Lipinski definition) is 3. The van der Waals surface area contributed by atoms with Crippen LogP contribution in [-0.4, -0.2) is 18.3 Å². The van der Waals surface area contributed by atoms with Gasteiger partial charge in [-0.05, 0) is 31.0 Å². The lowest BCUT2D eigenvalue weighted by Gasteiger charge is -2.17. The van der Waals surface area contributed by atoms with Crippen LogP contribution in [0.3, 0.4) is 0 Å². The van der Waals surface area contributed by atoms with Crippen molar-refractivity contribution >= 4 is 11.6 Å². The van der Waals surface area contributed by atoms with Gasteiger partial charge in [-0.15, -0.1) is 0 Å². The molecule has 1 rings (SSSR count). The highest BCUT2D eigenvalue weighted by molar-refractivity contribution is 6.32. The third kappa shape index (κ3) is 3.03. The fourth-order valence-electron chi connectivity index (χ4n) is 1.26. The van der Waals surface area contributed by atoms with Crippen molar-refractivity contribution in [1.29, 1.82) is 0 Å². The number of aliphatic hydroxyl groups is 1. The minimum absolute atomic E-state index is 0.0698. The Bertz CT molecular complexity index is 352. The molecule has 0 aliphatic heterocycles. The first-order valence-electron chi connectivity index (χ1n) is 5.26. The lowest BCUT2D eigenvalue weighted by Crippen LogP contribution is -2.11. The Morgan fingerprint density at radius 3 is 2.62 bits per heavy atom. The average Bonchev–Trinajstić information content (AvgIpc) is 2.30. The number of methoxy groups -OCH3 is 1. The van der Waals surface area contributed by atoms with Crippen LogP contribution in [-0.2, 0) is 6.61 Å². The van der Waals surface area contributed by atoms with Gasteiger partial charge in [0, 0.05) is 0 Å². The summed E-state index contributed by atoms with van der Waals surface area (Å²) in [6.45, 7) is 3.93. The first-order valence-corrected chi connectivity index (χ1v) is 5.64. The molecule has 0 aromatic heterocycles. The Hall–Kier alpha value is -0.930. The summed E-state index contributed by atoms with van der Waals surface area (Å²) in [5, 5.41) is 9.51. The minimum Gasteiger partial charge on any atom is -0.493 e. The van der Waals surface area contributed by atoms with Crippen molar-refractivity contribution in [3.8, 4) is 11.5 Å². The number of hydrogen-bond donors (Lipinski definition) is 1. The molecule has 0 aliphatic carbocycles. The van der Waals surface area contributed by atoms with Crippen LogP contribution in [0.25, 0.3) is 0 Å². The van der Waals surface area contributed by atoms with Crippen LogP contribution >= 0.6 is 11.6 Å². The number of rotatable bonds is 5. The van der Waals surface area contributed by atoms with E-state index in [1.54, 1.807) is 19.2 Å². The predicted molar refractivity (Wildman–Crippen MR) is 64.3 cm³/mol. The van der Waals surface area contributed by atoms with Gasteiger partial charge >= 0.3 is 0 Å². The van der Waals surface area contributed by atoms with Crippen molar-refractivity contribution in [3.05, 3.63) is 22.7 Å². The van der Waals surface area contributed by atoms with Crippen molar-refractivity contribution in [1.82, 2.24) is 0 Å². The Kier molecular flexibility index (Phi) is 4.90. The third-order valence-electron chi connectivity index (χ3n) is 2.37. The van der Waals surface area contributed by atoms with Crippen LogP contribution < -0.4 is 9.47 Å². The van der Waals surface area contributed by atoms with Crippen LogP contribution in [0.1, 0.15) is 25.8 Å². The molecule has 0 radical (unpaired) electrons. The number of benzene rings is 1. The molecule has 90 valence electrons. The molecule has 0 bridgehead atoms. The molecule has 1 N–H and O–H groups in total. The van der Waals surface area contributed by atoms with Gasteiger partial charge in [0.15, 0.2) is 11.5 Å². The van der Waals surface area contributed by atoms with E-state index in [2.05, 4.69) is 0 Å². The zero-order valence-corrected chi connectivity index (χ0v) is 10.5. The smallest absolute Gasteiger partial charge is 0.180 e. The van der Waals surface area contributed by atoms with Gasteiger partial charge in [-0.1, -0.05) is 18.5 Å². The highest BCUT2D eigenvalue weighted by atomic mass is 35.5. The quantitative estimate of drug-likeness (QED) is 0.865. The lowest BCUT2D eigenvalue weighted by atomic mass is 10.2. The highest BCUT2D eigenvalue weighted by Crippen LogP contribution is 2.37. The molecular weight excluding hydrogens is 228 g/mol. The zero-order chi connectivity index (χ0) is 12.1. The summed E-state index contributed by atoms with van der Waals surface area (Å²) in [4.78, 5) is 0. The molecule has 0 fully saturated rings. The zero-order valence-electron chi connectivity index (χ0n) is 9.79. The molecule has 1 aromatic carbocycles. The van der Waals surface area contributed by atoms with Gasteiger partial charge in [0.1, 0.15) is 0 Å². The molecule has 1 unspecified atom stereocenters. The Morgan fingerprint density at radius 2 is 2.12 bits per heavy atom. The maximum absolute atomic E-state index is 9.05. The van der Waals surface area contributed by atoms with Crippen molar-refractivity contribution in [2.45, 2.75) is 33.0 Å². The maximum Gasteiger partial charge on any atom is 0.180 e. The second-order valence-electron chi connectivity index (χ2n) is 3.60. The van der Waals surface area contributed by atoms with Gasteiger partial charge in [0.2, 0.25) is 0 Å². The van der Waals surface area contributed by atoms with Crippen LogP contribution in [0.4, 0.5) is 0 Å². The fourth-order valence-corrected chi connectivity index (χ4v) is 1.54. The van der Waals surface area contributed by atoms with Gasteiger partial charge < -0.3 is 14.6 Å². The maximum atomic E-state index is 9.05. The van der Waals surface area contributed by atoms with Gasteiger partial charge in [0.05, 0.1) is 24.8 Å². The molecular formula is C12H17ClO3. The minimum atomic E-state index is -0.0698. The fraction of sp³-hybridized carbons (Fsp3) is 0.500. The normalized spacial score (nSPS) is 12.3. The van der Waals surface area contributed by atoms with Crippen molar-refractivity contribution < 1.29 is 14.6 Å². The molecule has 0 saturated carbocycles. The van der Waals surface area contributed by atoms with Crippen molar-refractivity contribution in [2.24, 2.45) is 0 Å². The van der Waals surface area contributed by atoms with E-state index >= 15 is 0 Å². The molecule has 1 aromatic rings. The second-order valence-corrected chi connectivity index (χ2v) is 4.01. The second kappa shape index (κ2) is 5.97. The van der Waals surface area contributed by atoms with E-state index in [4.69, 9.17) is 26.2 Å². The topological polar surface area (TPSA) is 38.7 Å². The van der Waals surface area contributed by atoms with E-state index in [0.717, 1.165) is 6.42 Å². The van der Waals surface area contributed by atoms with Gasteiger partial charge in [-0.2, -0.15) is 0 Å². The first-order chi connectivity index (χ1) is 7.62. The molecule has 0 spiro atoms. The lowest BCUT2D eigenvalue weighted by molar-refractivity contribution is 0.207. The molecule has 0 heterocycles. The van der Waals surface area contributed by atoms with E-state index in [9.17, 15) is 0 Å².